The van der Waals surface area contributed by atoms with Crippen LogP contribution >= 0.6 is 33.2 Å². The van der Waals surface area contributed by atoms with Crippen LogP contribution in [-0.2, 0) is 92.8 Å². The van der Waals surface area contributed by atoms with Crippen LogP contribution in [0, 0.1) is 0 Å². The number of aliphatic hydroxyl groups is 1. The number of rotatable bonds is 30. The molecule has 0 spiro atoms. The predicted molar refractivity (Wildman–Crippen MR) is 443 cm³/mol. The minimum atomic E-state index is -1.88. The largest absolute Gasteiger partial charge is 0.480 e. The number of nitrogens with zero attached hydrogens (tertiary/aromatic N) is 4. The highest BCUT2D eigenvalue weighted by molar-refractivity contribution is 8.76. The molecule has 22 N–H and O–H groups in total. The summed E-state index contributed by atoms with van der Waals surface area (Å²) < 4.78 is 0. The fraction of sp³-hybridized carbons (Fsp3) is 0.436. The van der Waals surface area contributed by atoms with E-state index in [-0.39, 0.29) is 114 Å². The number of aliphatic carboxylic acids is 3. The van der Waals surface area contributed by atoms with E-state index in [1.807, 2.05) is 35.6 Å². The lowest BCUT2D eigenvalue weighted by Gasteiger charge is -2.33. The first-order valence-corrected chi connectivity index (χ1v) is 41.4. The number of nitrogens with one attached hydrogen (secondary N) is 12. The van der Waals surface area contributed by atoms with Crippen LogP contribution in [0.1, 0.15) is 54.9 Å². The SMILES string of the molecule is C[C@@H](O)[C@@H]1NC(=O)[C@H](CCCCN)NC(=O)[C@@H](Cc2ccc(NC(N)=O)cc2)NC(=O)[C@H](Cc2ccc(NC(=O)[C@@H]3CC(=O)NC(=O)N3)cc2)NC(=O)[C@H](NC(=O)[C@H](Cc2ccc(Cl)cc2)NC(=O)CN2CCN(CC(=O)O)CCN(CC(=O)O)CCN(CC(=O)O)CC2)CSSC[C@@H](C(=O)N[C@@H](Cc2ccc3ccccc3c2)C(N)=O)NC1=O. The number of carboxylic acid groups (broad SMARTS) is 3. The predicted octanol–water partition coefficient (Wildman–Crippen LogP) is -2.47. The Bertz CT molecular complexity index is 4450. The molecule has 0 radical (unpaired) electrons. The van der Waals surface area contributed by atoms with Crippen LogP contribution in [0.3, 0.4) is 0 Å². The minimum Gasteiger partial charge on any atom is -0.480 e. The zero-order valence-corrected chi connectivity index (χ0v) is 67.9. The number of primary amides is 2. The number of amides is 15. The van der Waals surface area contributed by atoms with Gasteiger partial charge in [0.25, 0.3) is 0 Å². The topological polar surface area (TPSA) is 589 Å². The molecule has 3 aliphatic heterocycles. The molecule has 3 fully saturated rings. The molecular weight excluding hydrogens is 1620 g/mol. The van der Waals surface area contributed by atoms with Crippen LogP contribution in [0.25, 0.3) is 10.8 Å². The van der Waals surface area contributed by atoms with Crippen molar-refractivity contribution in [2.24, 2.45) is 17.2 Å². The third kappa shape index (κ3) is 31.3. The maximum Gasteiger partial charge on any atom is 0.322 e. The highest BCUT2D eigenvalue weighted by Gasteiger charge is 2.38. The van der Waals surface area contributed by atoms with Gasteiger partial charge >= 0.3 is 30.0 Å². The zero-order chi connectivity index (χ0) is 87.1. The number of carbonyl (C=O) groups is 16. The number of nitrogens with two attached hydrogens (primary N) is 3. The fourth-order valence-electron chi connectivity index (χ4n) is 13.2. The van der Waals surface area contributed by atoms with E-state index in [2.05, 4.69) is 58.5 Å². The molecule has 10 atom stereocenters. The molecule has 42 heteroatoms. The van der Waals surface area contributed by atoms with Gasteiger partial charge in [-0.25, -0.2) is 9.59 Å². The van der Waals surface area contributed by atoms with Gasteiger partial charge in [0.15, 0.2) is 0 Å². The summed E-state index contributed by atoms with van der Waals surface area (Å²) in [4.78, 5) is 227. The van der Waals surface area contributed by atoms with Crippen LogP contribution in [0.2, 0.25) is 5.02 Å². The number of anilines is 2. The Hall–Kier alpha value is -11.6. The lowest BCUT2D eigenvalue weighted by molar-refractivity contribution is -0.140. The van der Waals surface area contributed by atoms with E-state index < -0.39 is 200 Å². The Morgan fingerprint density at radius 3 is 1.53 bits per heavy atom. The van der Waals surface area contributed by atoms with E-state index in [1.165, 1.54) is 67.6 Å². The van der Waals surface area contributed by atoms with Gasteiger partial charge in [0.05, 0.1) is 38.7 Å². The number of halogens is 1. The molecule has 0 aliphatic carbocycles. The molecule has 15 amide bonds. The first-order valence-electron chi connectivity index (χ1n) is 38.5. The second-order valence-corrected chi connectivity index (χ2v) is 32.0. The van der Waals surface area contributed by atoms with Gasteiger partial charge in [-0.05, 0) is 102 Å². The van der Waals surface area contributed by atoms with Crippen molar-refractivity contribution in [2.75, 3.05) is 107 Å². The molecule has 646 valence electrons. The summed E-state index contributed by atoms with van der Waals surface area (Å²) in [6, 6.07) is 14.1. The molecule has 5 aromatic carbocycles. The zero-order valence-electron chi connectivity index (χ0n) is 65.5. The molecule has 3 aliphatic rings. The third-order valence-corrected chi connectivity index (χ3v) is 22.3. The maximum absolute atomic E-state index is 15.7. The average molecular weight is 1720 g/mol. The molecule has 0 unspecified atom stereocenters. The van der Waals surface area contributed by atoms with Gasteiger partial charge in [-0.1, -0.05) is 112 Å². The van der Waals surface area contributed by atoms with Crippen LogP contribution in [0.4, 0.5) is 21.0 Å². The first kappa shape index (κ1) is 93.9. The van der Waals surface area contributed by atoms with E-state index in [1.54, 1.807) is 43.9 Å². The summed E-state index contributed by atoms with van der Waals surface area (Å²) in [6.07, 6.45) is -3.01. The van der Waals surface area contributed by atoms with Gasteiger partial charge in [-0.15, -0.1) is 0 Å². The van der Waals surface area contributed by atoms with Crippen molar-refractivity contribution in [3.63, 3.8) is 0 Å². The second-order valence-electron chi connectivity index (χ2n) is 29.0. The van der Waals surface area contributed by atoms with Crippen molar-refractivity contribution >= 4 is 150 Å². The second kappa shape index (κ2) is 46.7. The number of benzene rings is 5. The number of hydrogen-bond acceptors (Lipinski definition) is 24. The fourth-order valence-corrected chi connectivity index (χ4v) is 15.7. The molecule has 0 aromatic heterocycles. The van der Waals surface area contributed by atoms with Crippen molar-refractivity contribution in [3.05, 3.63) is 143 Å². The monoisotopic (exact) mass is 1720 g/mol. The number of hydrogen-bond donors (Lipinski definition) is 19. The Balaban J connectivity index is 1.20. The molecular formula is C78H100ClN19O20S2. The highest BCUT2D eigenvalue weighted by atomic mass is 35.5. The summed E-state index contributed by atoms with van der Waals surface area (Å²) in [5.41, 5.74) is 19.2. The number of imide groups is 1. The van der Waals surface area contributed by atoms with Gasteiger partial charge in [-0.2, -0.15) is 0 Å². The average Bonchev–Trinajstić information content (AvgIpc) is 0.839. The van der Waals surface area contributed by atoms with Crippen molar-refractivity contribution in [3.8, 4) is 0 Å². The summed E-state index contributed by atoms with van der Waals surface area (Å²) in [7, 11) is 1.68. The Morgan fingerprint density at radius 2 is 1.01 bits per heavy atom. The lowest BCUT2D eigenvalue weighted by atomic mass is 10.0. The number of carbonyl (C=O) groups excluding carboxylic acids is 13. The van der Waals surface area contributed by atoms with Gasteiger partial charge < -0.3 is 96.1 Å². The van der Waals surface area contributed by atoms with Gasteiger partial charge in [0, 0.05) is 106 Å². The van der Waals surface area contributed by atoms with Crippen LogP contribution in [0.5, 0.6) is 0 Å². The maximum atomic E-state index is 15.7. The van der Waals surface area contributed by atoms with Crippen LogP contribution in [0.15, 0.2) is 115 Å². The summed E-state index contributed by atoms with van der Waals surface area (Å²) >= 11 is 6.33. The summed E-state index contributed by atoms with van der Waals surface area (Å²) in [5.74, 6) is -15.1. The molecule has 0 saturated carbocycles. The number of carboxylic acids is 3. The number of fused-ring (bicyclic) bond motifs is 1. The van der Waals surface area contributed by atoms with E-state index in [4.69, 9.17) is 28.8 Å². The number of unbranched alkanes of at least 4 members (excludes halogenated alkanes) is 1. The Morgan fingerprint density at radius 1 is 0.517 bits per heavy atom. The van der Waals surface area contributed by atoms with Crippen molar-refractivity contribution in [1.29, 1.82) is 0 Å². The molecule has 8 rings (SSSR count). The molecule has 39 nitrogen and oxygen atoms in total. The standard InChI is InChI=1S/C78H100ClN19O20S2/c1-44(99)67-76(116)91-61(74(114)87-55(68(81)108)36-48-9-16-49-6-2-3-7-50(49)32-48)43-120-119-42-60(90-71(111)56(33-45-10-17-51(79)18-11-45)85-63(101)38-95-24-26-96(39-64(102)103)28-30-98(41-66(106)107)31-29-97(27-25-95)40-65(104)105)75(115)89-58(35-46-12-19-52(20-13-46)83-70(110)59-37-62(100)93-78(118)92-59)73(113)88-57(34-47-14-21-53(22-15-47)84-77(82)117)72(112)86-54(69(109)94-67)8-4-5-23-80/h2-3,6-7,9-22,32,44,54-61,67,99H,4-5,8,23-31,33-43,80H2,1H3,(H2,81,108)(H,83,110)(H,85,101)(H,86,112)(H,87,114)(H,88,113)(H,89,115)(H,90,111)(H,91,116)(H,94,109)(H,102,103)(H,104,105)(H,106,107)(H3,82,84,117)(H2,92,93,100,118)/t44-,54+,55+,56+,57-,58+,59+,60-,61+,67+/m1/s1. The molecule has 120 heavy (non-hydrogen) atoms. The molecule has 3 saturated heterocycles. The number of aliphatic hydroxyl groups excluding tert-OH is 1. The third-order valence-electron chi connectivity index (χ3n) is 19.6. The smallest absolute Gasteiger partial charge is 0.322 e. The van der Waals surface area contributed by atoms with Gasteiger partial charge in [0.2, 0.25) is 65.0 Å². The van der Waals surface area contributed by atoms with Crippen molar-refractivity contribution < 1.29 is 97.1 Å². The normalized spacial score (nSPS) is 21.0. The quantitative estimate of drug-likeness (QED) is 0.0167. The van der Waals surface area contributed by atoms with Crippen molar-refractivity contribution in [1.82, 2.24) is 72.8 Å². The number of urea groups is 2. The Kier molecular flexibility index (Phi) is 36.5. The van der Waals surface area contributed by atoms with Crippen LogP contribution in [-0.4, -0.2) is 292 Å². The minimum absolute atomic E-state index is 0.00487. The van der Waals surface area contributed by atoms with Gasteiger partial charge in [-0.3, -0.25) is 92.0 Å². The van der Waals surface area contributed by atoms with E-state index >= 15 is 19.2 Å². The molecule has 0 bridgehead atoms. The first-order chi connectivity index (χ1) is 57.2. The molecule has 5 aromatic rings. The highest BCUT2D eigenvalue weighted by Crippen LogP contribution is 2.26. The van der Waals surface area contributed by atoms with Crippen LogP contribution < -0.4 is 81.0 Å². The lowest BCUT2D eigenvalue weighted by Crippen LogP contribution is -2.62. The van der Waals surface area contributed by atoms with E-state index in [0.717, 1.165) is 32.4 Å². The van der Waals surface area contributed by atoms with Crippen molar-refractivity contribution in [2.45, 2.75) is 119 Å². The van der Waals surface area contributed by atoms with Gasteiger partial charge in [0.1, 0.15) is 54.4 Å². The molecule has 3 heterocycles. The summed E-state index contributed by atoms with van der Waals surface area (Å²) in [6.45, 7) is -0.230. The van der Waals surface area contributed by atoms with E-state index in [9.17, 15) is 78.0 Å². The summed E-state index contributed by atoms with van der Waals surface area (Å²) in [5, 5.41) is 73.7. The van der Waals surface area contributed by atoms with E-state index in [0.29, 0.717) is 28.1 Å². The Labute approximate surface area is 702 Å².